The standard InChI is InChI=1S/C8H8ClN3/c1-5-8(10)12-6(9)3-2-4-7(12)11-5/h2-4H,10H2,1H3. The molecule has 2 rings (SSSR count). The van der Waals surface area contributed by atoms with Crippen LogP contribution in [0.2, 0.25) is 5.15 Å². The predicted molar refractivity (Wildman–Crippen MR) is 49.4 cm³/mol. The summed E-state index contributed by atoms with van der Waals surface area (Å²) < 4.78 is 1.72. The van der Waals surface area contributed by atoms with E-state index in [0.717, 1.165) is 11.3 Å². The SMILES string of the molecule is Cc1nc2cccc(Cl)n2c1N. The van der Waals surface area contributed by atoms with E-state index in [4.69, 9.17) is 17.3 Å². The van der Waals surface area contributed by atoms with Gasteiger partial charge in [-0.15, -0.1) is 0 Å². The number of anilines is 1. The van der Waals surface area contributed by atoms with Gasteiger partial charge in [-0.2, -0.15) is 0 Å². The molecule has 0 aliphatic rings. The zero-order chi connectivity index (χ0) is 8.72. The highest BCUT2D eigenvalue weighted by Gasteiger charge is 2.06. The highest BCUT2D eigenvalue weighted by Crippen LogP contribution is 2.19. The van der Waals surface area contributed by atoms with Crippen molar-refractivity contribution in [3.8, 4) is 0 Å². The van der Waals surface area contributed by atoms with Crippen molar-refractivity contribution in [3.63, 3.8) is 0 Å². The Kier molecular flexibility index (Phi) is 1.48. The predicted octanol–water partition coefficient (Wildman–Crippen LogP) is 1.88. The average molecular weight is 182 g/mol. The molecule has 2 aromatic heterocycles. The summed E-state index contributed by atoms with van der Waals surface area (Å²) in [4.78, 5) is 4.23. The number of nitrogens with two attached hydrogens (primary N) is 1. The number of aromatic nitrogens is 2. The number of aryl methyl sites for hydroxylation is 1. The summed E-state index contributed by atoms with van der Waals surface area (Å²) in [5.74, 6) is 0.607. The van der Waals surface area contributed by atoms with E-state index in [0.29, 0.717) is 11.0 Å². The van der Waals surface area contributed by atoms with Gasteiger partial charge in [-0.3, -0.25) is 4.40 Å². The number of hydrogen-bond acceptors (Lipinski definition) is 2. The molecule has 0 aliphatic heterocycles. The normalized spacial score (nSPS) is 10.8. The van der Waals surface area contributed by atoms with Gasteiger partial charge in [0.2, 0.25) is 0 Å². The molecular formula is C8H8ClN3. The highest BCUT2D eigenvalue weighted by molar-refractivity contribution is 6.29. The fourth-order valence-electron chi connectivity index (χ4n) is 1.19. The van der Waals surface area contributed by atoms with Crippen LogP contribution in [0.25, 0.3) is 5.65 Å². The monoisotopic (exact) mass is 181 g/mol. The van der Waals surface area contributed by atoms with Gasteiger partial charge in [0.1, 0.15) is 16.6 Å². The van der Waals surface area contributed by atoms with Crippen LogP contribution in [-0.2, 0) is 0 Å². The van der Waals surface area contributed by atoms with E-state index in [1.54, 1.807) is 10.5 Å². The van der Waals surface area contributed by atoms with Crippen LogP contribution in [-0.4, -0.2) is 9.38 Å². The Morgan fingerprint density at radius 1 is 1.50 bits per heavy atom. The minimum absolute atomic E-state index is 0.589. The molecule has 0 fully saturated rings. The first kappa shape index (κ1) is 7.43. The smallest absolute Gasteiger partial charge is 0.139 e. The van der Waals surface area contributed by atoms with Crippen LogP contribution < -0.4 is 5.73 Å². The van der Waals surface area contributed by atoms with Crippen LogP contribution in [0.5, 0.6) is 0 Å². The maximum atomic E-state index is 5.92. The average Bonchev–Trinajstić information content (AvgIpc) is 2.29. The maximum absolute atomic E-state index is 5.92. The molecule has 0 saturated heterocycles. The molecule has 0 spiro atoms. The summed E-state index contributed by atoms with van der Waals surface area (Å²) in [6.45, 7) is 1.86. The van der Waals surface area contributed by atoms with Crippen LogP contribution in [0.3, 0.4) is 0 Å². The van der Waals surface area contributed by atoms with E-state index >= 15 is 0 Å². The van der Waals surface area contributed by atoms with Crippen molar-refractivity contribution >= 4 is 23.1 Å². The Labute approximate surface area is 74.8 Å². The lowest BCUT2D eigenvalue weighted by Crippen LogP contribution is -1.94. The van der Waals surface area contributed by atoms with Crippen molar-refractivity contribution < 1.29 is 0 Å². The Morgan fingerprint density at radius 3 is 2.92 bits per heavy atom. The van der Waals surface area contributed by atoms with Gasteiger partial charge in [-0.25, -0.2) is 4.98 Å². The lowest BCUT2D eigenvalue weighted by atomic mass is 10.5. The molecule has 0 unspecified atom stereocenters. The number of hydrogen-bond donors (Lipinski definition) is 1. The number of pyridine rings is 1. The fourth-order valence-corrected chi connectivity index (χ4v) is 1.44. The van der Waals surface area contributed by atoms with Gasteiger partial charge < -0.3 is 5.73 Å². The van der Waals surface area contributed by atoms with Gasteiger partial charge in [0.25, 0.3) is 0 Å². The first-order valence-corrected chi connectivity index (χ1v) is 3.97. The van der Waals surface area contributed by atoms with Gasteiger partial charge in [0.15, 0.2) is 0 Å². The van der Waals surface area contributed by atoms with E-state index in [1.807, 2.05) is 19.1 Å². The second kappa shape index (κ2) is 2.38. The van der Waals surface area contributed by atoms with Crippen LogP contribution in [0.15, 0.2) is 18.2 Å². The Hall–Kier alpha value is -1.22. The molecular weight excluding hydrogens is 174 g/mol. The van der Waals surface area contributed by atoms with E-state index < -0.39 is 0 Å². The first-order valence-electron chi connectivity index (χ1n) is 3.59. The minimum Gasteiger partial charge on any atom is -0.383 e. The van der Waals surface area contributed by atoms with E-state index in [1.165, 1.54) is 0 Å². The molecule has 0 bridgehead atoms. The van der Waals surface area contributed by atoms with Crippen LogP contribution >= 0.6 is 11.6 Å². The van der Waals surface area contributed by atoms with Crippen molar-refractivity contribution in [1.29, 1.82) is 0 Å². The zero-order valence-corrected chi connectivity index (χ0v) is 7.34. The summed E-state index contributed by atoms with van der Waals surface area (Å²) >= 11 is 5.92. The molecule has 0 saturated carbocycles. The Balaban J connectivity index is 2.97. The van der Waals surface area contributed by atoms with Gasteiger partial charge in [-0.05, 0) is 19.1 Å². The number of fused-ring (bicyclic) bond motifs is 1. The molecule has 0 aliphatic carbocycles. The maximum Gasteiger partial charge on any atom is 0.139 e. The van der Waals surface area contributed by atoms with Gasteiger partial charge in [0.05, 0.1) is 5.69 Å². The Bertz CT molecular complexity index is 433. The number of nitrogen functional groups attached to an aromatic ring is 1. The summed E-state index contributed by atoms with van der Waals surface area (Å²) in [5.41, 5.74) is 7.35. The van der Waals surface area contributed by atoms with Crippen LogP contribution in [0, 0.1) is 6.92 Å². The van der Waals surface area contributed by atoms with E-state index in [-0.39, 0.29) is 0 Å². The Morgan fingerprint density at radius 2 is 2.25 bits per heavy atom. The molecule has 62 valence electrons. The van der Waals surface area contributed by atoms with Crippen LogP contribution in [0.4, 0.5) is 5.82 Å². The van der Waals surface area contributed by atoms with Gasteiger partial charge >= 0.3 is 0 Å². The van der Waals surface area contributed by atoms with Crippen molar-refractivity contribution in [2.24, 2.45) is 0 Å². The van der Waals surface area contributed by atoms with E-state index in [2.05, 4.69) is 4.98 Å². The van der Waals surface area contributed by atoms with Crippen molar-refractivity contribution in [2.75, 3.05) is 5.73 Å². The summed E-state index contributed by atoms with van der Waals surface area (Å²) in [6, 6.07) is 5.50. The summed E-state index contributed by atoms with van der Waals surface area (Å²) in [5, 5.41) is 0.589. The molecule has 2 heterocycles. The number of nitrogens with zero attached hydrogens (tertiary/aromatic N) is 2. The molecule has 0 amide bonds. The number of halogens is 1. The minimum atomic E-state index is 0.589. The quantitative estimate of drug-likeness (QED) is 0.631. The molecule has 2 aromatic rings. The molecule has 0 radical (unpaired) electrons. The van der Waals surface area contributed by atoms with Crippen molar-refractivity contribution in [2.45, 2.75) is 6.92 Å². The van der Waals surface area contributed by atoms with Gasteiger partial charge in [0, 0.05) is 0 Å². The topological polar surface area (TPSA) is 43.3 Å². The third kappa shape index (κ3) is 0.865. The second-order valence-electron chi connectivity index (χ2n) is 2.62. The molecule has 12 heavy (non-hydrogen) atoms. The lowest BCUT2D eigenvalue weighted by molar-refractivity contribution is 1.19. The van der Waals surface area contributed by atoms with Crippen molar-refractivity contribution in [1.82, 2.24) is 9.38 Å². The molecule has 2 N–H and O–H groups in total. The number of imidazole rings is 1. The molecule has 0 aromatic carbocycles. The van der Waals surface area contributed by atoms with E-state index in [9.17, 15) is 0 Å². The summed E-state index contributed by atoms with van der Waals surface area (Å²) in [6.07, 6.45) is 0. The zero-order valence-electron chi connectivity index (χ0n) is 6.58. The lowest BCUT2D eigenvalue weighted by Gasteiger charge is -1.97. The third-order valence-electron chi connectivity index (χ3n) is 1.82. The number of rotatable bonds is 0. The van der Waals surface area contributed by atoms with Crippen LogP contribution in [0.1, 0.15) is 5.69 Å². The summed E-state index contributed by atoms with van der Waals surface area (Å²) in [7, 11) is 0. The fraction of sp³-hybridized carbons (Fsp3) is 0.125. The first-order chi connectivity index (χ1) is 5.70. The second-order valence-corrected chi connectivity index (χ2v) is 3.01. The third-order valence-corrected chi connectivity index (χ3v) is 2.11. The molecule has 4 heteroatoms. The molecule has 0 atom stereocenters. The largest absolute Gasteiger partial charge is 0.383 e. The molecule has 3 nitrogen and oxygen atoms in total. The van der Waals surface area contributed by atoms with Gasteiger partial charge in [-0.1, -0.05) is 17.7 Å². The highest BCUT2D eigenvalue weighted by atomic mass is 35.5. The van der Waals surface area contributed by atoms with Crippen molar-refractivity contribution in [3.05, 3.63) is 29.0 Å².